The van der Waals surface area contributed by atoms with E-state index < -0.39 is 0 Å². The minimum absolute atomic E-state index is 0.304. The lowest BCUT2D eigenvalue weighted by molar-refractivity contribution is 0.252. The number of nitrogens with one attached hydrogen (secondary N) is 2. The lowest BCUT2D eigenvalue weighted by Gasteiger charge is -2.11. The second-order valence-corrected chi connectivity index (χ2v) is 5.59. The number of urea groups is 1. The van der Waals surface area contributed by atoms with Crippen molar-refractivity contribution in [1.82, 2.24) is 10.3 Å². The summed E-state index contributed by atoms with van der Waals surface area (Å²) in [5, 5.41) is 5.45. The molecule has 0 spiro atoms. The van der Waals surface area contributed by atoms with Crippen molar-refractivity contribution in [2.24, 2.45) is 0 Å². The summed E-state index contributed by atoms with van der Waals surface area (Å²) in [6.45, 7) is 0.464. The van der Waals surface area contributed by atoms with Gasteiger partial charge in [-0.15, -0.1) is 0 Å². The zero-order valence-electron chi connectivity index (χ0n) is 12.9. The van der Waals surface area contributed by atoms with Crippen LogP contribution in [0.4, 0.5) is 10.6 Å². The Hall–Kier alpha value is -2.28. The third kappa shape index (κ3) is 5.14. The molecule has 23 heavy (non-hydrogen) atoms. The molecule has 0 saturated carbocycles. The number of rotatable bonds is 6. The molecule has 0 atom stereocenters. The number of nitrogens with zero attached hydrogens (tertiary/aromatic N) is 1. The van der Waals surface area contributed by atoms with Crippen LogP contribution in [0.15, 0.2) is 41.0 Å². The Morgan fingerprint density at radius 2 is 2.04 bits per heavy atom. The van der Waals surface area contributed by atoms with Crippen LogP contribution in [0.2, 0.25) is 0 Å². The Morgan fingerprint density at radius 1 is 1.22 bits per heavy atom. The van der Waals surface area contributed by atoms with Crippen molar-refractivity contribution in [3.8, 4) is 11.5 Å². The number of hydrogen-bond acceptors (Lipinski definition) is 4. The smallest absolute Gasteiger partial charge is 0.320 e. The number of carbonyl (C=O) groups is 1. The van der Waals surface area contributed by atoms with E-state index in [2.05, 4.69) is 31.5 Å². The van der Waals surface area contributed by atoms with E-state index in [4.69, 9.17) is 9.47 Å². The summed E-state index contributed by atoms with van der Waals surface area (Å²) in [5.74, 6) is 2.01. The van der Waals surface area contributed by atoms with E-state index in [1.807, 2.05) is 24.3 Å². The molecule has 0 aliphatic heterocycles. The zero-order valence-corrected chi connectivity index (χ0v) is 14.5. The van der Waals surface area contributed by atoms with Crippen molar-refractivity contribution in [1.29, 1.82) is 0 Å². The van der Waals surface area contributed by atoms with Gasteiger partial charge in [-0.25, -0.2) is 9.78 Å². The highest BCUT2D eigenvalue weighted by molar-refractivity contribution is 9.10. The summed E-state index contributed by atoms with van der Waals surface area (Å²) in [7, 11) is 3.23. The number of aromatic nitrogens is 1. The predicted molar refractivity (Wildman–Crippen MR) is 92.2 cm³/mol. The first kappa shape index (κ1) is 17.1. The third-order valence-corrected chi connectivity index (χ3v) is 3.61. The lowest BCUT2D eigenvalue weighted by Crippen LogP contribution is -2.30. The highest BCUT2D eigenvalue weighted by Gasteiger charge is 2.07. The van der Waals surface area contributed by atoms with Gasteiger partial charge in [0.1, 0.15) is 17.3 Å². The highest BCUT2D eigenvalue weighted by Crippen LogP contribution is 2.24. The number of ether oxygens (including phenoxy) is 2. The van der Waals surface area contributed by atoms with Crippen LogP contribution >= 0.6 is 15.9 Å². The van der Waals surface area contributed by atoms with Crippen LogP contribution < -0.4 is 20.1 Å². The summed E-state index contributed by atoms with van der Waals surface area (Å²) in [5.41, 5.74) is 0.967. The van der Waals surface area contributed by atoms with Crippen molar-refractivity contribution >= 4 is 27.8 Å². The maximum Gasteiger partial charge on any atom is 0.320 e. The average molecular weight is 380 g/mol. The molecule has 0 saturated heterocycles. The van der Waals surface area contributed by atoms with Gasteiger partial charge in [-0.05, 0) is 58.2 Å². The Labute approximate surface area is 143 Å². The van der Waals surface area contributed by atoms with E-state index in [1.54, 1.807) is 26.5 Å². The number of methoxy groups -OCH3 is 2. The van der Waals surface area contributed by atoms with Crippen molar-refractivity contribution < 1.29 is 14.3 Å². The highest BCUT2D eigenvalue weighted by atomic mass is 79.9. The van der Waals surface area contributed by atoms with E-state index in [9.17, 15) is 4.79 Å². The zero-order chi connectivity index (χ0) is 16.7. The van der Waals surface area contributed by atoms with Crippen LogP contribution in [0, 0.1) is 0 Å². The van der Waals surface area contributed by atoms with Crippen LogP contribution in [-0.2, 0) is 6.42 Å². The minimum atomic E-state index is -0.304. The van der Waals surface area contributed by atoms with Gasteiger partial charge in [0.05, 0.1) is 14.2 Å². The molecule has 2 amide bonds. The van der Waals surface area contributed by atoms with Crippen molar-refractivity contribution in [3.05, 3.63) is 46.6 Å². The van der Waals surface area contributed by atoms with Crippen LogP contribution in [-0.4, -0.2) is 31.8 Å². The first-order valence-electron chi connectivity index (χ1n) is 6.99. The summed E-state index contributed by atoms with van der Waals surface area (Å²) < 4.78 is 11.4. The van der Waals surface area contributed by atoms with E-state index in [0.29, 0.717) is 18.8 Å². The molecule has 2 aromatic rings. The molecule has 0 aliphatic carbocycles. The Balaban J connectivity index is 1.86. The van der Waals surface area contributed by atoms with Crippen molar-refractivity contribution in [2.75, 3.05) is 26.1 Å². The number of hydrogen-bond donors (Lipinski definition) is 2. The maximum absolute atomic E-state index is 11.8. The van der Waals surface area contributed by atoms with Gasteiger partial charge in [0.15, 0.2) is 0 Å². The van der Waals surface area contributed by atoms with Crippen molar-refractivity contribution in [2.45, 2.75) is 6.42 Å². The number of anilines is 1. The van der Waals surface area contributed by atoms with E-state index in [1.165, 1.54) is 0 Å². The first-order valence-corrected chi connectivity index (χ1v) is 7.79. The number of halogens is 1. The molecular formula is C16H18BrN3O3. The molecule has 0 aliphatic rings. The van der Waals surface area contributed by atoms with Gasteiger partial charge in [0.25, 0.3) is 0 Å². The molecular weight excluding hydrogens is 362 g/mol. The molecule has 1 aromatic heterocycles. The third-order valence-electron chi connectivity index (χ3n) is 3.14. The monoisotopic (exact) mass is 379 g/mol. The number of benzene rings is 1. The predicted octanol–water partition coefficient (Wildman–Crippen LogP) is 3.23. The van der Waals surface area contributed by atoms with Crippen molar-refractivity contribution in [3.63, 3.8) is 0 Å². The first-order chi connectivity index (χ1) is 11.1. The average Bonchev–Trinajstić information content (AvgIpc) is 2.57. The summed E-state index contributed by atoms with van der Waals surface area (Å²) in [4.78, 5) is 15.9. The Morgan fingerprint density at radius 3 is 2.70 bits per heavy atom. The molecule has 0 fully saturated rings. The summed E-state index contributed by atoms with van der Waals surface area (Å²) >= 11 is 3.29. The second kappa shape index (κ2) is 8.38. The fourth-order valence-electron chi connectivity index (χ4n) is 2.00. The fourth-order valence-corrected chi connectivity index (χ4v) is 2.23. The molecule has 7 heteroatoms. The molecule has 1 heterocycles. The summed E-state index contributed by atoms with van der Waals surface area (Å²) in [6, 6.07) is 8.80. The largest absolute Gasteiger partial charge is 0.497 e. The molecule has 0 bridgehead atoms. The second-order valence-electron chi connectivity index (χ2n) is 4.67. The van der Waals surface area contributed by atoms with Gasteiger partial charge < -0.3 is 14.8 Å². The van der Waals surface area contributed by atoms with Gasteiger partial charge in [-0.2, -0.15) is 0 Å². The van der Waals surface area contributed by atoms with Crippen LogP contribution in [0.3, 0.4) is 0 Å². The van der Waals surface area contributed by atoms with E-state index in [0.717, 1.165) is 21.5 Å². The van der Waals surface area contributed by atoms with Crippen LogP contribution in [0.1, 0.15) is 5.56 Å². The SMILES string of the molecule is COc1ccc(OC)c(CCNC(=O)Nc2ccc(Br)cn2)c1. The molecule has 1 aromatic carbocycles. The number of amides is 2. The van der Waals surface area contributed by atoms with E-state index >= 15 is 0 Å². The van der Waals surface area contributed by atoms with Gasteiger partial charge >= 0.3 is 6.03 Å². The molecule has 6 nitrogen and oxygen atoms in total. The van der Waals surface area contributed by atoms with Gasteiger partial charge in [0, 0.05) is 17.2 Å². The molecule has 0 unspecified atom stereocenters. The Kier molecular flexibility index (Phi) is 6.22. The molecule has 122 valence electrons. The minimum Gasteiger partial charge on any atom is -0.497 e. The van der Waals surface area contributed by atoms with E-state index in [-0.39, 0.29) is 6.03 Å². The van der Waals surface area contributed by atoms with Crippen LogP contribution in [0.25, 0.3) is 0 Å². The van der Waals surface area contributed by atoms with Crippen LogP contribution in [0.5, 0.6) is 11.5 Å². The van der Waals surface area contributed by atoms with Gasteiger partial charge in [-0.1, -0.05) is 0 Å². The molecule has 2 rings (SSSR count). The lowest BCUT2D eigenvalue weighted by atomic mass is 10.1. The topological polar surface area (TPSA) is 72.5 Å². The standard InChI is InChI=1S/C16H18BrN3O3/c1-22-13-4-5-14(23-2)11(9-13)7-8-18-16(21)20-15-6-3-12(17)10-19-15/h3-6,9-10H,7-8H2,1-2H3,(H2,18,19,20,21). The quantitative estimate of drug-likeness (QED) is 0.807. The maximum atomic E-state index is 11.8. The van der Waals surface area contributed by atoms with Gasteiger partial charge in [-0.3, -0.25) is 5.32 Å². The molecule has 2 N–H and O–H groups in total. The number of carbonyl (C=O) groups excluding carboxylic acids is 1. The summed E-state index contributed by atoms with van der Waals surface area (Å²) in [6.07, 6.45) is 2.25. The Bertz CT molecular complexity index is 662. The fraction of sp³-hybridized carbons (Fsp3) is 0.250. The number of pyridine rings is 1. The van der Waals surface area contributed by atoms with Gasteiger partial charge in [0.2, 0.25) is 0 Å². The molecule has 0 radical (unpaired) electrons. The normalized spacial score (nSPS) is 10.0.